The average Bonchev–Trinajstić information content (AvgIpc) is 3.44. The van der Waals surface area contributed by atoms with Crippen LogP contribution in [0.5, 0.6) is 0 Å². The van der Waals surface area contributed by atoms with Crippen LogP contribution in [-0.4, -0.2) is 24.6 Å². The molecule has 4 aliphatic carbocycles. The summed E-state index contributed by atoms with van der Waals surface area (Å²) in [4.78, 5) is 25.6. The lowest BCUT2D eigenvalue weighted by Crippen LogP contribution is -2.35. The molecule has 148 valence electrons. The molecule has 4 nitrogen and oxygen atoms in total. The number of carbonyl (C=O) groups is 2. The van der Waals surface area contributed by atoms with Gasteiger partial charge in [0.15, 0.2) is 0 Å². The maximum absolute atomic E-state index is 12.8. The zero-order valence-electron chi connectivity index (χ0n) is 16.9. The molecule has 5 unspecified atom stereocenters. The van der Waals surface area contributed by atoms with Crippen LogP contribution in [0.1, 0.15) is 72.1 Å². The molecule has 0 spiro atoms. The fourth-order valence-corrected chi connectivity index (χ4v) is 6.16. The Kier molecular flexibility index (Phi) is 4.72. The molecule has 5 atom stereocenters. The molecule has 27 heavy (non-hydrogen) atoms. The number of esters is 2. The molecule has 0 aromatic carbocycles. The molecule has 4 saturated carbocycles. The highest BCUT2D eigenvalue weighted by molar-refractivity contribution is 5.80. The van der Waals surface area contributed by atoms with E-state index in [0.29, 0.717) is 11.8 Å². The highest BCUT2D eigenvalue weighted by atomic mass is 16.6. The minimum Gasteiger partial charge on any atom is -0.461 e. The van der Waals surface area contributed by atoms with Gasteiger partial charge in [0.1, 0.15) is 12.7 Å². The topological polar surface area (TPSA) is 52.6 Å². The third-order valence-corrected chi connectivity index (χ3v) is 7.72. The van der Waals surface area contributed by atoms with Gasteiger partial charge in [0.2, 0.25) is 0 Å². The smallest absolute Gasteiger partial charge is 0.312 e. The summed E-state index contributed by atoms with van der Waals surface area (Å²) >= 11 is 0. The standard InChI is InChI=1S/C23H32O4/c1-4-16-10-22(8-6-18(16)12-22)20(24)26-14-15(3)27-21(25)23-9-7-19(13-23)17(5-2)11-23/h4-5,15,18-19H,6-14H2,1-3H3. The van der Waals surface area contributed by atoms with Crippen molar-refractivity contribution in [3.8, 4) is 0 Å². The van der Waals surface area contributed by atoms with Gasteiger partial charge in [0.25, 0.3) is 0 Å². The van der Waals surface area contributed by atoms with E-state index < -0.39 is 0 Å². The molecule has 0 radical (unpaired) electrons. The summed E-state index contributed by atoms with van der Waals surface area (Å²) < 4.78 is 11.4. The largest absolute Gasteiger partial charge is 0.461 e. The first kappa shape index (κ1) is 18.8. The van der Waals surface area contributed by atoms with Crippen LogP contribution in [0.4, 0.5) is 0 Å². The van der Waals surface area contributed by atoms with Crippen molar-refractivity contribution in [2.24, 2.45) is 22.7 Å². The van der Waals surface area contributed by atoms with Gasteiger partial charge in [-0.05, 0) is 84.0 Å². The molecular weight excluding hydrogens is 340 g/mol. The maximum atomic E-state index is 12.8. The van der Waals surface area contributed by atoms with Gasteiger partial charge in [-0.15, -0.1) is 0 Å². The minimum absolute atomic E-state index is 0.0958. The molecule has 0 aliphatic heterocycles. The van der Waals surface area contributed by atoms with Crippen LogP contribution in [0.15, 0.2) is 23.3 Å². The number of carbonyl (C=O) groups excluding carboxylic acids is 2. The van der Waals surface area contributed by atoms with Crippen molar-refractivity contribution in [3.63, 3.8) is 0 Å². The van der Waals surface area contributed by atoms with Crippen LogP contribution in [-0.2, 0) is 19.1 Å². The third kappa shape index (κ3) is 3.05. The lowest BCUT2D eigenvalue weighted by atomic mass is 9.82. The summed E-state index contributed by atoms with van der Waals surface area (Å²) in [6, 6.07) is 0. The minimum atomic E-state index is -0.388. The van der Waals surface area contributed by atoms with Gasteiger partial charge in [-0.2, -0.15) is 0 Å². The van der Waals surface area contributed by atoms with Gasteiger partial charge in [-0.25, -0.2) is 0 Å². The van der Waals surface area contributed by atoms with Crippen molar-refractivity contribution >= 4 is 11.9 Å². The first-order valence-electron chi connectivity index (χ1n) is 10.6. The normalized spacial score (nSPS) is 40.7. The first-order valence-corrected chi connectivity index (χ1v) is 10.6. The summed E-state index contributed by atoms with van der Waals surface area (Å²) in [5.74, 6) is 0.936. The van der Waals surface area contributed by atoms with Gasteiger partial charge >= 0.3 is 11.9 Å². The van der Waals surface area contributed by atoms with E-state index >= 15 is 0 Å². The SMILES string of the molecule is CC=C1CC2(C(=O)OCC(C)OC(=O)C34CCC(C3)C(=CC)C4)CCC1C2. The Hall–Kier alpha value is -1.58. The summed E-state index contributed by atoms with van der Waals surface area (Å²) in [6.07, 6.45) is 11.5. The molecule has 4 bridgehead atoms. The number of ether oxygens (including phenoxy) is 2. The summed E-state index contributed by atoms with van der Waals surface area (Å²) in [6.45, 7) is 6.12. The monoisotopic (exact) mass is 372 g/mol. The Morgan fingerprint density at radius 2 is 1.52 bits per heavy atom. The molecular formula is C23H32O4. The van der Waals surface area contributed by atoms with Crippen LogP contribution in [0.2, 0.25) is 0 Å². The van der Waals surface area contributed by atoms with E-state index in [1.54, 1.807) is 0 Å². The van der Waals surface area contributed by atoms with E-state index in [-0.39, 0.29) is 35.5 Å². The van der Waals surface area contributed by atoms with Gasteiger partial charge in [0.05, 0.1) is 10.8 Å². The Morgan fingerprint density at radius 3 is 2.00 bits per heavy atom. The molecule has 0 saturated heterocycles. The predicted octanol–water partition coefficient (Wildman–Crippen LogP) is 4.73. The van der Waals surface area contributed by atoms with E-state index in [2.05, 4.69) is 26.0 Å². The fourth-order valence-electron chi connectivity index (χ4n) is 6.16. The summed E-state index contributed by atoms with van der Waals surface area (Å²) in [5.41, 5.74) is 2.18. The van der Waals surface area contributed by atoms with E-state index in [1.165, 1.54) is 11.1 Å². The molecule has 4 rings (SSSR count). The highest BCUT2D eigenvalue weighted by Crippen LogP contribution is 2.58. The lowest BCUT2D eigenvalue weighted by molar-refractivity contribution is -0.170. The van der Waals surface area contributed by atoms with Crippen LogP contribution >= 0.6 is 0 Å². The quantitative estimate of drug-likeness (QED) is 0.517. The number of allylic oxidation sites excluding steroid dienone is 4. The maximum Gasteiger partial charge on any atom is 0.312 e. The Bertz CT molecular complexity index is 705. The lowest BCUT2D eigenvalue weighted by Gasteiger charge is -2.28. The van der Waals surface area contributed by atoms with E-state index in [0.717, 1.165) is 51.4 Å². The molecule has 0 heterocycles. The van der Waals surface area contributed by atoms with Gasteiger partial charge in [0, 0.05) is 0 Å². The summed E-state index contributed by atoms with van der Waals surface area (Å²) in [5, 5.41) is 0. The first-order chi connectivity index (χ1) is 12.9. The van der Waals surface area contributed by atoms with Crippen LogP contribution in [0, 0.1) is 22.7 Å². The second-order valence-electron chi connectivity index (χ2n) is 9.34. The van der Waals surface area contributed by atoms with Crippen LogP contribution < -0.4 is 0 Å². The van der Waals surface area contributed by atoms with Crippen molar-refractivity contribution in [2.45, 2.75) is 78.2 Å². The number of hydrogen-bond donors (Lipinski definition) is 0. The molecule has 0 N–H and O–H groups in total. The number of rotatable bonds is 5. The van der Waals surface area contributed by atoms with Crippen LogP contribution in [0.25, 0.3) is 0 Å². The molecule has 0 amide bonds. The molecule has 0 aromatic rings. The number of fused-ring (bicyclic) bond motifs is 4. The van der Waals surface area contributed by atoms with E-state index in [4.69, 9.17) is 9.47 Å². The predicted molar refractivity (Wildman–Crippen MR) is 103 cm³/mol. The van der Waals surface area contributed by atoms with E-state index in [1.807, 2.05) is 6.92 Å². The third-order valence-electron chi connectivity index (χ3n) is 7.72. The van der Waals surface area contributed by atoms with Crippen molar-refractivity contribution in [2.75, 3.05) is 6.61 Å². The Labute approximate surface area is 162 Å². The van der Waals surface area contributed by atoms with Gasteiger partial charge < -0.3 is 9.47 Å². The number of hydrogen-bond acceptors (Lipinski definition) is 4. The fraction of sp³-hybridized carbons (Fsp3) is 0.739. The van der Waals surface area contributed by atoms with Crippen LogP contribution in [0.3, 0.4) is 0 Å². The van der Waals surface area contributed by atoms with Crippen molar-refractivity contribution in [3.05, 3.63) is 23.3 Å². The zero-order chi connectivity index (χ0) is 19.2. The van der Waals surface area contributed by atoms with Crippen molar-refractivity contribution < 1.29 is 19.1 Å². The molecule has 0 aromatic heterocycles. The second-order valence-corrected chi connectivity index (χ2v) is 9.34. The average molecular weight is 373 g/mol. The second kappa shape index (κ2) is 6.79. The summed E-state index contributed by atoms with van der Waals surface area (Å²) in [7, 11) is 0. The zero-order valence-corrected chi connectivity index (χ0v) is 16.9. The van der Waals surface area contributed by atoms with Gasteiger partial charge in [-0.3, -0.25) is 9.59 Å². The Balaban J connectivity index is 1.30. The molecule has 4 fully saturated rings. The Morgan fingerprint density at radius 1 is 1.00 bits per heavy atom. The van der Waals surface area contributed by atoms with Crippen molar-refractivity contribution in [1.29, 1.82) is 0 Å². The van der Waals surface area contributed by atoms with E-state index in [9.17, 15) is 9.59 Å². The molecule has 4 aliphatic rings. The highest BCUT2D eigenvalue weighted by Gasteiger charge is 2.54. The van der Waals surface area contributed by atoms with Crippen molar-refractivity contribution in [1.82, 2.24) is 0 Å². The van der Waals surface area contributed by atoms with Gasteiger partial charge in [-0.1, -0.05) is 23.3 Å². The molecule has 4 heteroatoms.